The predicted octanol–water partition coefficient (Wildman–Crippen LogP) is 0.171. The maximum Gasteiger partial charge on any atom is 0.339 e. The zero-order valence-electron chi connectivity index (χ0n) is 10.7. The second-order valence-electron chi connectivity index (χ2n) is 3.61. The number of aliphatic hydroxyl groups is 2. The Morgan fingerprint density at radius 2 is 1.28 bits per heavy atom. The standard InChI is InChI=1S/C12H20O6/c1-3-7-17-11(15)9(13)5-6-10(14)12(16)18-8-4-2/h5-6,9-10,13-14H,3-4,7-8H2,1-2H3/b6-5+. The summed E-state index contributed by atoms with van der Waals surface area (Å²) in [5.74, 6) is -1.63. The average Bonchev–Trinajstić information content (AvgIpc) is 2.38. The van der Waals surface area contributed by atoms with E-state index in [1.54, 1.807) is 0 Å². The Morgan fingerprint density at radius 3 is 1.56 bits per heavy atom. The molecule has 0 aliphatic rings. The summed E-state index contributed by atoms with van der Waals surface area (Å²) in [6.45, 7) is 4.07. The lowest BCUT2D eigenvalue weighted by Gasteiger charge is -2.08. The molecule has 0 heterocycles. The Kier molecular flexibility index (Phi) is 8.86. The highest BCUT2D eigenvalue weighted by molar-refractivity contribution is 5.78. The molecule has 0 aromatic carbocycles. The smallest absolute Gasteiger partial charge is 0.339 e. The van der Waals surface area contributed by atoms with Gasteiger partial charge >= 0.3 is 11.9 Å². The van der Waals surface area contributed by atoms with E-state index in [-0.39, 0.29) is 13.2 Å². The van der Waals surface area contributed by atoms with Crippen molar-refractivity contribution in [3.05, 3.63) is 12.2 Å². The molecule has 0 saturated carbocycles. The van der Waals surface area contributed by atoms with Gasteiger partial charge in [0.15, 0.2) is 12.2 Å². The van der Waals surface area contributed by atoms with Crippen LogP contribution >= 0.6 is 0 Å². The van der Waals surface area contributed by atoms with Gasteiger partial charge in [0.1, 0.15) is 0 Å². The number of esters is 2. The summed E-state index contributed by atoms with van der Waals surface area (Å²) in [5, 5.41) is 18.7. The van der Waals surface area contributed by atoms with Crippen LogP contribution in [0.4, 0.5) is 0 Å². The van der Waals surface area contributed by atoms with Gasteiger partial charge in [-0.05, 0) is 25.0 Å². The Balaban J connectivity index is 4.11. The van der Waals surface area contributed by atoms with E-state index in [1.165, 1.54) is 0 Å². The number of hydrogen-bond donors (Lipinski definition) is 2. The van der Waals surface area contributed by atoms with Crippen molar-refractivity contribution in [2.45, 2.75) is 38.9 Å². The summed E-state index contributed by atoms with van der Waals surface area (Å²) >= 11 is 0. The van der Waals surface area contributed by atoms with E-state index in [0.717, 1.165) is 12.2 Å². The van der Waals surface area contributed by atoms with Crippen molar-refractivity contribution >= 4 is 11.9 Å². The first-order valence-electron chi connectivity index (χ1n) is 5.90. The van der Waals surface area contributed by atoms with Gasteiger partial charge in [-0.2, -0.15) is 0 Å². The topological polar surface area (TPSA) is 93.1 Å². The summed E-state index contributed by atoms with van der Waals surface area (Å²) in [6, 6.07) is 0. The van der Waals surface area contributed by atoms with Gasteiger partial charge in [0.25, 0.3) is 0 Å². The lowest BCUT2D eigenvalue weighted by atomic mass is 10.2. The molecular weight excluding hydrogens is 240 g/mol. The molecule has 0 amide bonds. The van der Waals surface area contributed by atoms with E-state index >= 15 is 0 Å². The molecule has 0 aliphatic heterocycles. The minimum absolute atomic E-state index is 0.213. The van der Waals surface area contributed by atoms with Crippen molar-refractivity contribution in [1.29, 1.82) is 0 Å². The van der Waals surface area contributed by atoms with Crippen molar-refractivity contribution < 1.29 is 29.3 Å². The van der Waals surface area contributed by atoms with E-state index < -0.39 is 24.1 Å². The molecule has 0 spiro atoms. The minimum atomic E-state index is -1.50. The normalized spacial score (nSPS) is 14.2. The summed E-state index contributed by atoms with van der Waals surface area (Å²) in [7, 11) is 0. The number of carbonyl (C=O) groups excluding carboxylic acids is 2. The van der Waals surface area contributed by atoms with Crippen molar-refractivity contribution in [1.82, 2.24) is 0 Å². The highest BCUT2D eigenvalue weighted by Gasteiger charge is 2.16. The number of hydrogen-bond acceptors (Lipinski definition) is 6. The number of aliphatic hydroxyl groups excluding tert-OH is 2. The van der Waals surface area contributed by atoms with Crippen LogP contribution in [0, 0.1) is 0 Å². The van der Waals surface area contributed by atoms with Crippen LogP contribution in [-0.4, -0.2) is 47.6 Å². The Bertz CT molecular complexity index is 258. The molecule has 18 heavy (non-hydrogen) atoms. The van der Waals surface area contributed by atoms with Crippen LogP contribution in [0.25, 0.3) is 0 Å². The predicted molar refractivity (Wildman–Crippen MR) is 63.7 cm³/mol. The first-order valence-corrected chi connectivity index (χ1v) is 5.90. The molecule has 0 aromatic rings. The molecule has 0 bridgehead atoms. The van der Waals surface area contributed by atoms with Crippen molar-refractivity contribution in [2.24, 2.45) is 0 Å². The average molecular weight is 260 g/mol. The molecule has 2 unspecified atom stereocenters. The molecule has 0 aliphatic carbocycles. The second kappa shape index (κ2) is 9.61. The third-order valence-electron chi connectivity index (χ3n) is 1.86. The Hall–Kier alpha value is -1.40. The molecule has 0 aromatic heterocycles. The first-order chi connectivity index (χ1) is 8.52. The summed E-state index contributed by atoms with van der Waals surface area (Å²) in [6.07, 6.45) is 0.295. The van der Waals surface area contributed by atoms with Gasteiger partial charge < -0.3 is 19.7 Å². The quantitative estimate of drug-likeness (QED) is 0.477. The maximum atomic E-state index is 11.1. The zero-order valence-corrected chi connectivity index (χ0v) is 10.7. The van der Waals surface area contributed by atoms with Crippen molar-refractivity contribution in [2.75, 3.05) is 13.2 Å². The van der Waals surface area contributed by atoms with Crippen LogP contribution in [0.1, 0.15) is 26.7 Å². The SMILES string of the molecule is CCCOC(=O)C(O)/C=C/C(O)C(=O)OCCC. The Labute approximate surface area is 106 Å². The van der Waals surface area contributed by atoms with E-state index in [0.29, 0.717) is 12.8 Å². The summed E-state index contributed by atoms with van der Waals surface area (Å²) in [5.41, 5.74) is 0. The summed E-state index contributed by atoms with van der Waals surface area (Å²) in [4.78, 5) is 22.3. The van der Waals surface area contributed by atoms with Gasteiger partial charge in [-0.25, -0.2) is 9.59 Å². The lowest BCUT2D eigenvalue weighted by Crippen LogP contribution is -2.24. The first kappa shape index (κ1) is 16.6. The number of ether oxygens (including phenoxy) is 2. The van der Waals surface area contributed by atoms with E-state index in [9.17, 15) is 19.8 Å². The second-order valence-corrected chi connectivity index (χ2v) is 3.61. The van der Waals surface area contributed by atoms with Gasteiger partial charge in [0, 0.05) is 0 Å². The van der Waals surface area contributed by atoms with Crippen LogP contribution in [0.15, 0.2) is 12.2 Å². The molecule has 0 rings (SSSR count). The van der Waals surface area contributed by atoms with Crippen LogP contribution in [0.3, 0.4) is 0 Å². The van der Waals surface area contributed by atoms with Gasteiger partial charge in [-0.1, -0.05) is 13.8 Å². The lowest BCUT2D eigenvalue weighted by molar-refractivity contribution is -0.152. The minimum Gasteiger partial charge on any atom is -0.464 e. The van der Waals surface area contributed by atoms with E-state index in [1.807, 2.05) is 13.8 Å². The molecular formula is C12H20O6. The largest absolute Gasteiger partial charge is 0.464 e. The molecule has 6 nitrogen and oxygen atoms in total. The van der Waals surface area contributed by atoms with E-state index in [4.69, 9.17) is 0 Å². The molecule has 2 atom stereocenters. The van der Waals surface area contributed by atoms with Gasteiger partial charge in [0.2, 0.25) is 0 Å². The molecule has 0 fully saturated rings. The van der Waals surface area contributed by atoms with Crippen LogP contribution in [0.2, 0.25) is 0 Å². The van der Waals surface area contributed by atoms with Gasteiger partial charge in [-0.3, -0.25) is 0 Å². The highest BCUT2D eigenvalue weighted by Crippen LogP contribution is 1.97. The third-order valence-corrected chi connectivity index (χ3v) is 1.86. The fourth-order valence-corrected chi connectivity index (χ4v) is 0.944. The molecule has 2 N–H and O–H groups in total. The van der Waals surface area contributed by atoms with Crippen molar-refractivity contribution in [3.8, 4) is 0 Å². The fraction of sp³-hybridized carbons (Fsp3) is 0.667. The fourth-order valence-electron chi connectivity index (χ4n) is 0.944. The number of carbonyl (C=O) groups is 2. The maximum absolute atomic E-state index is 11.1. The van der Waals surface area contributed by atoms with Gasteiger partial charge in [0.05, 0.1) is 13.2 Å². The van der Waals surface area contributed by atoms with Crippen LogP contribution in [0.5, 0.6) is 0 Å². The highest BCUT2D eigenvalue weighted by atomic mass is 16.5. The van der Waals surface area contributed by atoms with Crippen LogP contribution in [-0.2, 0) is 19.1 Å². The van der Waals surface area contributed by atoms with E-state index in [2.05, 4.69) is 9.47 Å². The molecule has 6 heteroatoms. The third kappa shape index (κ3) is 7.03. The molecule has 0 saturated heterocycles. The Morgan fingerprint density at radius 1 is 0.944 bits per heavy atom. The van der Waals surface area contributed by atoms with Gasteiger partial charge in [-0.15, -0.1) is 0 Å². The molecule has 104 valence electrons. The van der Waals surface area contributed by atoms with Crippen molar-refractivity contribution in [3.63, 3.8) is 0 Å². The zero-order chi connectivity index (χ0) is 14.0. The van der Waals surface area contributed by atoms with Crippen LogP contribution < -0.4 is 0 Å². The molecule has 0 radical (unpaired) electrons. The summed E-state index contributed by atoms with van der Waals surface area (Å²) < 4.78 is 9.35. The number of rotatable bonds is 8. The monoisotopic (exact) mass is 260 g/mol.